The number of imide groups is 1. The van der Waals surface area contributed by atoms with Gasteiger partial charge >= 0.3 is 0 Å². The van der Waals surface area contributed by atoms with Gasteiger partial charge in [-0.25, -0.2) is 0 Å². The SMILES string of the molecule is CCN1C(=O)C(SCc2ccco2)=C(c2ccc(C)cc2)C1=O. The molecular weight excluding hydrogens is 310 g/mol. The first-order valence-corrected chi connectivity index (χ1v) is 8.43. The third kappa shape index (κ3) is 2.97. The molecule has 1 aromatic heterocycles. The molecule has 23 heavy (non-hydrogen) atoms. The van der Waals surface area contributed by atoms with E-state index in [4.69, 9.17) is 4.42 Å². The molecule has 2 aromatic rings. The summed E-state index contributed by atoms with van der Waals surface area (Å²) in [5.74, 6) is 0.864. The van der Waals surface area contributed by atoms with Gasteiger partial charge in [-0.1, -0.05) is 29.8 Å². The Morgan fingerprint density at radius 1 is 1.09 bits per heavy atom. The molecule has 2 heterocycles. The van der Waals surface area contributed by atoms with Gasteiger partial charge in [0, 0.05) is 6.54 Å². The summed E-state index contributed by atoms with van der Waals surface area (Å²) in [5, 5.41) is 0. The summed E-state index contributed by atoms with van der Waals surface area (Å²) < 4.78 is 5.31. The van der Waals surface area contributed by atoms with Gasteiger partial charge in [0.25, 0.3) is 11.8 Å². The van der Waals surface area contributed by atoms with Crippen molar-refractivity contribution < 1.29 is 14.0 Å². The normalized spacial score (nSPS) is 15.0. The predicted octanol–water partition coefficient (Wildman–Crippen LogP) is 3.62. The van der Waals surface area contributed by atoms with Crippen molar-refractivity contribution in [3.05, 3.63) is 64.5 Å². The molecule has 0 atom stereocenters. The zero-order valence-corrected chi connectivity index (χ0v) is 13.9. The number of furan rings is 1. The standard InChI is InChI=1S/C18H17NO3S/c1-3-19-17(20)15(13-8-6-12(2)7-9-13)16(18(19)21)23-11-14-5-4-10-22-14/h4-10H,3,11H2,1-2H3. The van der Waals surface area contributed by atoms with Crippen LogP contribution < -0.4 is 0 Å². The molecule has 0 radical (unpaired) electrons. The van der Waals surface area contributed by atoms with Gasteiger partial charge in [-0.2, -0.15) is 0 Å². The predicted molar refractivity (Wildman–Crippen MR) is 90.5 cm³/mol. The molecule has 0 aliphatic carbocycles. The van der Waals surface area contributed by atoms with Crippen LogP contribution in [0.3, 0.4) is 0 Å². The maximum Gasteiger partial charge on any atom is 0.267 e. The monoisotopic (exact) mass is 327 g/mol. The Labute approximate surface area is 139 Å². The van der Waals surface area contributed by atoms with Gasteiger partial charge in [-0.15, -0.1) is 11.8 Å². The number of hydrogen-bond donors (Lipinski definition) is 0. The Hall–Kier alpha value is -2.27. The van der Waals surface area contributed by atoms with Crippen LogP contribution in [0.15, 0.2) is 52.0 Å². The molecule has 3 rings (SSSR count). The van der Waals surface area contributed by atoms with Crippen molar-refractivity contribution in [2.75, 3.05) is 6.54 Å². The summed E-state index contributed by atoms with van der Waals surface area (Å²) in [6, 6.07) is 11.3. The molecule has 0 bridgehead atoms. The first kappa shape index (κ1) is 15.6. The third-order valence-electron chi connectivity index (χ3n) is 3.72. The number of hydrogen-bond acceptors (Lipinski definition) is 4. The Balaban J connectivity index is 1.97. The summed E-state index contributed by atoms with van der Waals surface area (Å²) in [6.07, 6.45) is 1.60. The van der Waals surface area contributed by atoms with Crippen LogP contribution in [-0.2, 0) is 15.3 Å². The molecule has 1 aliphatic heterocycles. The Kier molecular flexibility index (Phi) is 4.39. The second kappa shape index (κ2) is 6.46. The average molecular weight is 327 g/mol. The summed E-state index contributed by atoms with van der Waals surface area (Å²) in [6.45, 7) is 4.17. The fourth-order valence-corrected chi connectivity index (χ4v) is 3.52. The number of amides is 2. The van der Waals surface area contributed by atoms with Crippen LogP contribution in [0.1, 0.15) is 23.8 Å². The quantitative estimate of drug-likeness (QED) is 0.787. The highest BCUT2D eigenvalue weighted by Gasteiger charge is 2.38. The van der Waals surface area contributed by atoms with Crippen LogP contribution in [0.4, 0.5) is 0 Å². The van der Waals surface area contributed by atoms with Crippen LogP contribution in [0.5, 0.6) is 0 Å². The van der Waals surface area contributed by atoms with Gasteiger partial charge < -0.3 is 4.42 Å². The molecule has 2 amide bonds. The topological polar surface area (TPSA) is 50.5 Å². The van der Waals surface area contributed by atoms with E-state index in [1.54, 1.807) is 6.26 Å². The van der Waals surface area contributed by atoms with E-state index in [9.17, 15) is 9.59 Å². The lowest BCUT2D eigenvalue weighted by Gasteiger charge is -2.11. The van der Waals surface area contributed by atoms with E-state index in [1.165, 1.54) is 16.7 Å². The number of likely N-dealkylation sites (N-methyl/N-ethyl adjacent to an activating group) is 1. The second-order valence-corrected chi connectivity index (χ2v) is 6.28. The van der Waals surface area contributed by atoms with Crippen molar-refractivity contribution in [2.45, 2.75) is 19.6 Å². The molecule has 0 unspecified atom stereocenters. The van der Waals surface area contributed by atoms with Gasteiger partial charge in [0.05, 0.1) is 22.5 Å². The average Bonchev–Trinajstić information content (AvgIpc) is 3.13. The molecule has 0 fully saturated rings. The van der Waals surface area contributed by atoms with E-state index in [0.29, 0.717) is 22.8 Å². The molecule has 0 saturated carbocycles. The van der Waals surface area contributed by atoms with E-state index in [2.05, 4.69) is 0 Å². The third-order valence-corrected chi connectivity index (χ3v) is 4.82. The van der Waals surface area contributed by atoms with Crippen LogP contribution in [0.25, 0.3) is 5.57 Å². The zero-order valence-electron chi connectivity index (χ0n) is 13.0. The molecule has 1 aliphatic rings. The van der Waals surface area contributed by atoms with Crippen molar-refractivity contribution in [1.82, 2.24) is 4.90 Å². The van der Waals surface area contributed by atoms with Crippen LogP contribution in [-0.4, -0.2) is 23.3 Å². The molecule has 1 aromatic carbocycles. The maximum atomic E-state index is 12.6. The zero-order chi connectivity index (χ0) is 16.4. The summed E-state index contributed by atoms with van der Waals surface area (Å²) in [5.41, 5.74) is 2.39. The number of carbonyl (C=O) groups excluding carboxylic acids is 2. The van der Waals surface area contributed by atoms with Gasteiger partial charge in [0.2, 0.25) is 0 Å². The fourth-order valence-electron chi connectivity index (χ4n) is 2.49. The van der Waals surface area contributed by atoms with E-state index in [-0.39, 0.29) is 11.8 Å². The van der Waals surface area contributed by atoms with E-state index >= 15 is 0 Å². The van der Waals surface area contributed by atoms with Crippen LogP contribution in [0, 0.1) is 6.92 Å². The van der Waals surface area contributed by atoms with Crippen molar-refractivity contribution in [3.8, 4) is 0 Å². The highest BCUT2D eigenvalue weighted by molar-refractivity contribution is 8.03. The number of thioether (sulfide) groups is 1. The lowest BCUT2D eigenvalue weighted by Crippen LogP contribution is -2.31. The van der Waals surface area contributed by atoms with E-state index in [0.717, 1.165) is 16.9 Å². The van der Waals surface area contributed by atoms with Crippen molar-refractivity contribution in [3.63, 3.8) is 0 Å². The number of nitrogens with zero attached hydrogens (tertiary/aromatic N) is 1. The minimum absolute atomic E-state index is 0.218. The first-order chi connectivity index (χ1) is 11.1. The smallest absolute Gasteiger partial charge is 0.267 e. The van der Waals surface area contributed by atoms with E-state index in [1.807, 2.05) is 50.2 Å². The van der Waals surface area contributed by atoms with Gasteiger partial charge in [0.1, 0.15) is 5.76 Å². The van der Waals surface area contributed by atoms with E-state index < -0.39 is 0 Å². The number of rotatable bonds is 5. The molecule has 5 heteroatoms. The molecule has 0 N–H and O–H groups in total. The van der Waals surface area contributed by atoms with Crippen molar-refractivity contribution in [2.24, 2.45) is 0 Å². The minimum atomic E-state index is -0.219. The molecular formula is C18H17NO3S. The van der Waals surface area contributed by atoms with Gasteiger partial charge in [-0.05, 0) is 31.5 Å². The summed E-state index contributed by atoms with van der Waals surface area (Å²) in [4.78, 5) is 27.0. The molecule has 118 valence electrons. The van der Waals surface area contributed by atoms with Crippen molar-refractivity contribution >= 4 is 29.1 Å². The van der Waals surface area contributed by atoms with Crippen LogP contribution >= 0.6 is 11.8 Å². The number of carbonyl (C=O) groups is 2. The highest BCUT2D eigenvalue weighted by Crippen LogP contribution is 2.37. The molecule has 4 nitrogen and oxygen atoms in total. The lowest BCUT2D eigenvalue weighted by molar-refractivity contribution is -0.136. The summed E-state index contributed by atoms with van der Waals surface area (Å²) in [7, 11) is 0. The van der Waals surface area contributed by atoms with Gasteiger partial charge in [-0.3, -0.25) is 14.5 Å². The molecule has 0 spiro atoms. The Morgan fingerprint density at radius 3 is 2.43 bits per heavy atom. The first-order valence-electron chi connectivity index (χ1n) is 7.44. The lowest BCUT2D eigenvalue weighted by atomic mass is 10.0. The second-order valence-electron chi connectivity index (χ2n) is 5.29. The highest BCUT2D eigenvalue weighted by atomic mass is 32.2. The van der Waals surface area contributed by atoms with Crippen molar-refractivity contribution in [1.29, 1.82) is 0 Å². The van der Waals surface area contributed by atoms with Crippen LogP contribution in [0.2, 0.25) is 0 Å². The maximum absolute atomic E-state index is 12.6. The molecule has 0 saturated heterocycles. The number of benzene rings is 1. The Bertz CT molecular complexity index is 760. The largest absolute Gasteiger partial charge is 0.468 e. The van der Waals surface area contributed by atoms with Gasteiger partial charge in [0.15, 0.2) is 0 Å². The fraction of sp³-hybridized carbons (Fsp3) is 0.222. The Morgan fingerprint density at radius 2 is 1.83 bits per heavy atom. The number of aryl methyl sites for hydroxylation is 1. The minimum Gasteiger partial charge on any atom is -0.468 e. The summed E-state index contributed by atoms with van der Waals surface area (Å²) >= 11 is 1.35.